The van der Waals surface area contributed by atoms with Gasteiger partial charge in [0.15, 0.2) is 25.2 Å². The number of ether oxygens (including phenoxy) is 7. The summed E-state index contributed by atoms with van der Waals surface area (Å²) >= 11 is 0. The van der Waals surface area contributed by atoms with E-state index in [0.717, 1.165) is 0 Å². The summed E-state index contributed by atoms with van der Waals surface area (Å²) in [5.41, 5.74) is 0. The molecule has 4 rings (SSSR count). The van der Waals surface area contributed by atoms with E-state index in [9.17, 15) is 71.5 Å². The molecule has 4 aliphatic rings. The van der Waals surface area contributed by atoms with E-state index < -0.39 is 149 Å². The van der Waals surface area contributed by atoms with E-state index in [-0.39, 0.29) is 0 Å². The van der Waals surface area contributed by atoms with Crippen LogP contribution in [-0.4, -0.2) is 221 Å². The second-order valence-electron chi connectivity index (χ2n) is 11.1. The predicted molar refractivity (Wildman–Crippen MR) is 134 cm³/mol. The molecule has 8 unspecified atom stereocenters. The fourth-order valence-electron chi connectivity index (χ4n) is 5.55. The molecule has 4 saturated heterocycles. The van der Waals surface area contributed by atoms with Crippen LogP contribution in [-0.2, 0) is 33.2 Å². The normalized spacial score (nSPS) is 52.9. The summed E-state index contributed by atoms with van der Waals surface area (Å²) in [6.45, 7) is -3.39. The number of hydrogen-bond acceptors (Lipinski definition) is 21. The standard InChI is InChI=1S/C24H42O21/c25-1-5-9(29)10(30)15(35)22(40-5)44-19-7(3-27)42-24(17(37)12(19)32)45-20-8(4-28)41-23(16(36)13(20)33)43-18-6(2-26)39-21(38)14(34)11(18)31/h5-38H,1-4H2/t5?,6-,7-,8?,9+,10-,11?,12?,13+,14?,15?,16?,17?,18+,19+,20+,21+,22-,23-,24-/m0/s1. The van der Waals surface area contributed by atoms with Crippen LogP contribution in [0.25, 0.3) is 0 Å². The van der Waals surface area contributed by atoms with Crippen LogP contribution in [0.4, 0.5) is 0 Å². The van der Waals surface area contributed by atoms with Crippen molar-refractivity contribution in [2.24, 2.45) is 0 Å². The molecule has 4 heterocycles. The van der Waals surface area contributed by atoms with E-state index in [1.807, 2.05) is 0 Å². The van der Waals surface area contributed by atoms with Crippen molar-refractivity contribution in [3.05, 3.63) is 0 Å². The average Bonchev–Trinajstić information content (AvgIpc) is 3.03. The highest BCUT2D eigenvalue weighted by Gasteiger charge is 2.55. The van der Waals surface area contributed by atoms with Gasteiger partial charge in [0.25, 0.3) is 0 Å². The summed E-state index contributed by atoms with van der Waals surface area (Å²) < 4.78 is 37.7. The molecule has 264 valence electrons. The summed E-state index contributed by atoms with van der Waals surface area (Å²) in [6, 6.07) is 0. The van der Waals surface area contributed by atoms with Gasteiger partial charge in [0, 0.05) is 0 Å². The van der Waals surface area contributed by atoms with Crippen LogP contribution in [0.2, 0.25) is 0 Å². The van der Waals surface area contributed by atoms with Crippen molar-refractivity contribution in [3.8, 4) is 0 Å². The minimum atomic E-state index is -2.02. The number of hydrogen-bond donors (Lipinski definition) is 14. The van der Waals surface area contributed by atoms with Crippen molar-refractivity contribution in [2.75, 3.05) is 26.4 Å². The SMILES string of the molecule is OCC1O[C@@H](O[C@H]2C(O)C(O)[C@H](O[C@@H]3C(CO)O[C@@H](O[C@H]4C(O)C(O)[C@H](O)O[C@H]4CO)C(O)[C@H]3O)O[C@H]2CO)C(O)[C@@H](O)[C@@H]1O. The molecule has 0 aliphatic carbocycles. The van der Waals surface area contributed by atoms with E-state index in [1.165, 1.54) is 0 Å². The Morgan fingerprint density at radius 2 is 0.644 bits per heavy atom. The quantitative estimate of drug-likeness (QED) is 0.103. The molecule has 0 saturated carbocycles. The minimum absolute atomic E-state index is 0.784. The van der Waals surface area contributed by atoms with E-state index in [1.54, 1.807) is 0 Å². The Morgan fingerprint density at radius 1 is 0.333 bits per heavy atom. The van der Waals surface area contributed by atoms with Gasteiger partial charge in [0.2, 0.25) is 0 Å². The molecule has 21 heteroatoms. The van der Waals surface area contributed by atoms with Crippen LogP contribution in [0.3, 0.4) is 0 Å². The lowest BCUT2D eigenvalue weighted by molar-refractivity contribution is -0.387. The van der Waals surface area contributed by atoms with Crippen molar-refractivity contribution < 1.29 is 105 Å². The maximum absolute atomic E-state index is 10.9. The molecule has 21 nitrogen and oxygen atoms in total. The Balaban J connectivity index is 1.43. The van der Waals surface area contributed by atoms with E-state index in [4.69, 9.17) is 33.2 Å². The summed E-state index contributed by atoms with van der Waals surface area (Å²) in [6.07, 6.45) is -35.3. The average molecular weight is 667 g/mol. The van der Waals surface area contributed by atoms with Crippen molar-refractivity contribution in [1.29, 1.82) is 0 Å². The van der Waals surface area contributed by atoms with Gasteiger partial charge in [-0.15, -0.1) is 0 Å². The predicted octanol–water partition coefficient (Wildman–Crippen LogP) is -9.75. The summed E-state index contributed by atoms with van der Waals surface area (Å²) in [4.78, 5) is 0. The van der Waals surface area contributed by atoms with Gasteiger partial charge in [-0.25, -0.2) is 0 Å². The molecule has 45 heavy (non-hydrogen) atoms. The van der Waals surface area contributed by atoms with E-state index in [2.05, 4.69) is 0 Å². The lowest BCUT2D eigenvalue weighted by Crippen LogP contribution is -2.67. The molecule has 0 aromatic carbocycles. The minimum Gasteiger partial charge on any atom is -0.394 e. The van der Waals surface area contributed by atoms with Gasteiger partial charge in [0.05, 0.1) is 26.4 Å². The molecule has 0 aromatic heterocycles. The largest absolute Gasteiger partial charge is 0.394 e. The summed E-state index contributed by atoms with van der Waals surface area (Å²) in [7, 11) is 0. The van der Waals surface area contributed by atoms with Gasteiger partial charge in [-0.2, -0.15) is 0 Å². The zero-order valence-corrected chi connectivity index (χ0v) is 23.5. The lowest BCUT2D eigenvalue weighted by Gasteiger charge is -2.49. The van der Waals surface area contributed by atoms with E-state index in [0.29, 0.717) is 0 Å². The Kier molecular flexibility index (Phi) is 12.8. The molecular formula is C24H42O21. The number of aliphatic hydroxyl groups is 14. The maximum atomic E-state index is 10.9. The van der Waals surface area contributed by atoms with Crippen LogP contribution >= 0.6 is 0 Å². The molecule has 0 spiro atoms. The van der Waals surface area contributed by atoms with Gasteiger partial charge in [0.1, 0.15) is 97.7 Å². The van der Waals surface area contributed by atoms with Gasteiger partial charge in [-0.1, -0.05) is 0 Å². The van der Waals surface area contributed by atoms with Crippen LogP contribution in [0, 0.1) is 0 Å². The van der Waals surface area contributed by atoms with Crippen molar-refractivity contribution in [1.82, 2.24) is 0 Å². The summed E-state index contributed by atoms with van der Waals surface area (Å²) in [5.74, 6) is 0. The second kappa shape index (κ2) is 15.6. The molecule has 20 atom stereocenters. The Labute approximate surface area is 254 Å². The maximum Gasteiger partial charge on any atom is 0.187 e. The second-order valence-corrected chi connectivity index (χ2v) is 11.1. The van der Waals surface area contributed by atoms with Gasteiger partial charge < -0.3 is 105 Å². The molecule has 0 bridgehead atoms. The topological polar surface area (TPSA) is 348 Å². The van der Waals surface area contributed by atoms with E-state index >= 15 is 0 Å². The molecule has 0 radical (unpaired) electrons. The van der Waals surface area contributed by atoms with Crippen LogP contribution in [0.15, 0.2) is 0 Å². The molecule has 14 N–H and O–H groups in total. The number of rotatable bonds is 10. The fraction of sp³-hybridized carbons (Fsp3) is 1.00. The Morgan fingerprint density at radius 3 is 1.02 bits per heavy atom. The number of aliphatic hydroxyl groups excluding tert-OH is 14. The first kappa shape index (κ1) is 37.0. The van der Waals surface area contributed by atoms with Gasteiger partial charge in [-0.05, 0) is 0 Å². The third-order valence-electron chi connectivity index (χ3n) is 8.20. The van der Waals surface area contributed by atoms with Gasteiger partial charge in [-0.3, -0.25) is 0 Å². The smallest absolute Gasteiger partial charge is 0.187 e. The fourth-order valence-corrected chi connectivity index (χ4v) is 5.55. The Hall–Kier alpha value is -0.840. The molecular weight excluding hydrogens is 624 g/mol. The first-order chi connectivity index (χ1) is 21.3. The van der Waals surface area contributed by atoms with Crippen molar-refractivity contribution >= 4 is 0 Å². The third-order valence-corrected chi connectivity index (χ3v) is 8.20. The molecule has 4 fully saturated rings. The van der Waals surface area contributed by atoms with Crippen LogP contribution in [0.1, 0.15) is 0 Å². The highest BCUT2D eigenvalue weighted by atomic mass is 16.8. The molecule has 0 amide bonds. The van der Waals surface area contributed by atoms with Crippen LogP contribution < -0.4 is 0 Å². The Bertz CT molecular complexity index is 910. The molecule has 0 aromatic rings. The summed E-state index contributed by atoms with van der Waals surface area (Å²) in [5, 5.41) is 142. The molecule has 4 aliphatic heterocycles. The van der Waals surface area contributed by atoms with Crippen molar-refractivity contribution in [3.63, 3.8) is 0 Å². The van der Waals surface area contributed by atoms with Gasteiger partial charge >= 0.3 is 0 Å². The highest BCUT2D eigenvalue weighted by Crippen LogP contribution is 2.34. The van der Waals surface area contributed by atoms with Crippen LogP contribution in [0.5, 0.6) is 0 Å². The van der Waals surface area contributed by atoms with Crippen molar-refractivity contribution in [2.45, 2.75) is 123 Å². The first-order valence-corrected chi connectivity index (χ1v) is 14.1. The lowest BCUT2D eigenvalue weighted by atomic mass is 9.95. The first-order valence-electron chi connectivity index (χ1n) is 14.1. The zero-order valence-electron chi connectivity index (χ0n) is 23.5. The highest BCUT2D eigenvalue weighted by molar-refractivity contribution is 4.97. The zero-order chi connectivity index (χ0) is 33.3. The monoisotopic (exact) mass is 666 g/mol. The third kappa shape index (κ3) is 7.44.